The fraction of sp³-hybridized carbons (Fsp3) is 0.481. The molecule has 0 radical (unpaired) electrons. The number of nitrogens with zero attached hydrogens (tertiary/aromatic N) is 2. The first-order valence-corrected chi connectivity index (χ1v) is 13.7. The van der Waals surface area contributed by atoms with E-state index in [2.05, 4.69) is 42.9 Å². The Bertz CT molecular complexity index is 968. The molecule has 1 atom stereocenters. The van der Waals surface area contributed by atoms with Crippen molar-refractivity contribution in [2.24, 2.45) is 0 Å². The van der Waals surface area contributed by atoms with Gasteiger partial charge in [-0.25, -0.2) is 4.98 Å². The summed E-state index contributed by atoms with van der Waals surface area (Å²) in [5, 5.41) is 2.30. The molecule has 3 aromatic rings. The summed E-state index contributed by atoms with van der Waals surface area (Å²) in [6.45, 7) is 6.68. The van der Waals surface area contributed by atoms with Crippen LogP contribution in [-0.2, 0) is 6.42 Å². The van der Waals surface area contributed by atoms with Crippen LogP contribution >= 0.6 is 35.0 Å². The van der Waals surface area contributed by atoms with Crippen molar-refractivity contribution in [3.8, 4) is 0 Å². The number of unbranched alkanes of at least 4 members (excludes halogenated alkanes) is 5. The molecule has 1 aromatic carbocycles. The number of rotatable bonds is 13. The molecule has 0 amide bonds. The lowest BCUT2D eigenvalue weighted by molar-refractivity contribution is 0.521. The topological polar surface area (TPSA) is 41.6 Å². The first-order chi connectivity index (χ1) is 16.0. The molecule has 0 saturated carbocycles. The average molecular weight is 505 g/mol. The second kappa shape index (κ2) is 13.4. The number of hydrogen-bond acceptors (Lipinski definition) is 3. The molecule has 3 nitrogen and oxygen atoms in total. The molecule has 33 heavy (non-hydrogen) atoms. The standard InChI is InChI=1S/C27H35Cl2N3S/c1-4-5-6-7-8-9-10-21(15-20-11-13-30-14-12-20)26-31-25(19(2)3)27(32-26)33-24-17-22(28)16-23(29)18-24/h11-14,16-19,21H,4-10,15H2,1-3H3,(H,31,32). The number of nitrogens with one attached hydrogen (secondary N) is 1. The normalized spacial score (nSPS) is 12.4. The predicted octanol–water partition coefficient (Wildman–Crippen LogP) is 9.46. The molecule has 0 aliphatic carbocycles. The first kappa shape index (κ1) is 26.1. The Morgan fingerprint density at radius 2 is 1.61 bits per heavy atom. The van der Waals surface area contributed by atoms with Gasteiger partial charge in [-0.2, -0.15) is 0 Å². The molecule has 178 valence electrons. The van der Waals surface area contributed by atoms with Crippen molar-refractivity contribution in [2.75, 3.05) is 0 Å². The highest BCUT2D eigenvalue weighted by Crippen LogP contribution is 2.37. The van der Waals surface area contributed by atoms with Gasteiger partial charge < -0.3 is 4.98 Å². The van der Waals surface area contributed by atoms with Crippen molar-refractivity contribution in [1.29, 1.82) is 0 Å². The first-order valence-electron chi connectivity index (χ1n) is 12.1. The Kier molecular flexibility index (Phi) is 10.6. The minimum Gasteiger partial charge on any atom is -0.344 e. The van der Waals surface area contributed by atoms with Crippen LogP contribution in [0, 0.1) is 0 Å². The van der Waals surface area contributed by atoms with Crippen LogP contribution in [0.25, 0.3) is 0 Å². The summed E-state index contributed by atoms with van der Waals surface area (Å²) in [6.07, 6.45) is 13.7. The van der Waals surface area contributed by atoms with Crippen molar-refractivity contribution in [2.45, 2.75) is 93.9 Å². The van der Waals surface area contributed by atoms with E-state index in [0.717, 1.165) is 28.6 Å². The van der Waals surface area contributed by atoms with Gasteiger partial charge in [0, 0.05) is 33.3 Å². The molecule has 1 unspecified atom stereocenters. The number of H-pyrrole nitrogens is 1. The second-order valence-corrected chi connectivity index (χ2v) is 11.0. The van der Waals surface area contributed by atoms with Crippen molar-refractivity contribution in [3.63, 3.8) is 0 Å². The maximum Gasteiger partial charge on any atom is 0.122 e. The van der Waals surface area contributed by atoms with Crippen molar-refractivity contribution >= 4 is 35.0 Å². The monoisotopic (exact) mass is 503 g/mol. The molecule has 0 fully saturated rings. The number of imidazole rings is 1. The zero-order valence-corrected chi connectivity index (χ0v) is 22.2. The van der Waals surface area contributed by atoms with Crippen molar-refractivity contribution in [1.82, 2.24) is 15.0 Å². The summed E-state index contributed by atoms with van der Waals surface area (Å²) < 4.78 is 0. The molecule has 1 N–H and O–H groups in total. The van der Waals surface area contributed by atoms with E-state index in [1.165, 1.54) is 49.8 Å². The Balaban J connectivity index is 1.81. The minimum absolute atomic E-state index is 0.346. The maximum absolute atomic E-state index is 6.24. The number of hydrogen-bond donors (Lipinski definition) is 1. The van der Waals surface area contributed by atoms with Crippen LogP contribution in [0.5, 0.6) is 0 Å². The number of benzene rings is 1. The van der Waals surface area contributed by atoms with Gasteiger partial charge in [0.25, 0.3) is 0 Å². The largest absolute Gasteiger partial charge is 0.344 e. The summed E-state index contributed by atoms with van der Waals surface area (Å²) in [4.78, 5) is 14.0. The Hall–Kier alpha value is -1.49. The van der Waals surface area contributed by atoms with Crippen LogP contribution in [0.1, 0.15) is 94.6 Å². The summed E-state index contributed by atoms with van der Waals surface area (Å²) in [5.41, 5.74) is 2.48. The lowest BCUT2D eigenvalue weighted by Crippen LogP contribution is -2.06. The van der Waals surface area contributed by atoms with Crippen LogP contribution in [0.4, 0.5) is 0 Å². The molecule has 0 bridgehead atoms. The van der Waals surface area contributed by atoms with E-state index in [1.54, 1.807) is 17.8 Å². The van der Waals surface area contributed by atoms with Crippen LogP contribution in [0.3, 0.4) is 0 Å². The van der Waals surface area contributed by atoms with Gasteiger partial charge in [-0.1, -0.05) is 94.3 Å². The van der Waals surface area contributed by atoms with Crippen molar-refractivity contribution in [3.05, 3.63) is 69.9 Å². The van der Waals surface area contributed by atoms with E-state index in [9.17, 15) is 0 Å². The molecule has 0 aliphatic rings. The van der Waals surface area contributed by atoms with Gasteiger partial charge in [-0.05, 0) is 54.7 Å². The van der Waals surface area contributed by atoms with E-state index in [4.69, 9.17) is 28.2 Å². The second-order valence-electron chi connectivity index (χ2n) is 9.02. The smallest absolute Gasteiger partial charge is 0.122 e. The zero-order valence-electron chi connectivity index (χ0n) is 19.9. The van der Waals surface area contributed by atoms with Crippen LogP contribution in [-0.4, -0.2) is 15.0 Å². The summed E-state index contributed by atoms with van der Waals surface area (Å²) in [7, 11) is 0. The highest BCUT2D eigenvalue weighted by Gasteiger charge is 2.21. The third-order valence-corrected chi connectivity index (χ3v) is 7.28. The number of halogens is 2. The highest BCUT2D eigenvalue weighted by atomic mass is 35.5. The quantitative estimate of drug-likeness (QED) is 0.236. The molecule has 2 aromatic heterocycles. The van der Waals surface area contributed by atoms with E-state index in [-0.39, 0.29) is 0 Å². The fourth-order valence-electron chi connectivity index (χ4n) is 4.06. The fourth-order valence-corrected chi connectivity index (χ4v) is 5.85. The Morgan fingerprint density at radius 1 is 0.939 bits per heavy atom. The molecule has 0 aliphatic heterocycles. The van der Waals surface area contributed by atoms with Gasteiger partial charge in [0.15, 0.2) is 0 Å². The van der Waals surface area contributed by atoms with Gasteiger partial charge in [-0.3, -0.25) is 4.98 Å². The van der Waals surface area contributed by atoms with E-state index >= 15 is 0 Å². The molecule has 2 heterocycles. The molecular weight excluding hydrogens is 469 g/mol. The SMILES string of the molecule is CCCCCCCCC(Cc1ccncc1)c1nc(Sc2cc(Cl)cc(Cl)c2)c(C(C)C)[nH]1. The van der Waals surface area contributed by atoms with Gasteiger partial charge in [0.05, 0.1) is 5.69 Å². The minimum atomic E-state index is 0.346. The molecule has 3 rings (SSSR count). The van der Waals surface area contributed by atoms with E-state index < -0.39 is 0 Å². The molecular formula is C27H35Cl2N3S. The highest BCUT2D eigenvalue weighted by molar-refractivity contribution is 7.99. The van der Waals surface area contributed by atoms with Gasteiger partial charge in [0.2, 0.25) is 0 Å². The average Bonchev–Trinajstić information content (AvgIpc) is 3.19. The summed E-state index contributed by atoms with van der Waals surface area (Å²) in [5.74, 6) is 1.78. The lowest BCUT2D eigenvalue weighted by Gasteiger charge is -2.15. The van der Waals surface area contributed by atoms with Crippen molar-refractivity contribution < 1.29 is 0 Å². The van der Waals surface area contributed by atoms with Gasteiger partial charge >= 0.3 is 0 Å². The Morgan fingerprint density at radius 3 is 2.27 bits per heavy atom. The maximum atomic E-state index is 6.24. The molecule has 6 heteroatoms. The van der Waals surface area contributed by atoms with Gasteiger partial charge in [0.1, 0.15) is 10.9 Å². The molecule has 0 saturated heterocycles. The number of aromatic amines is 1. The van der Waals surface area contributed by atoms with Gasteiger partial charge in [-0.15, -0.1) is 0 Å². The third-order valence-electron chi connectivity index (χ3n) is 5.87. The lowest BCUT2D eigenvalue weighted by atomic mass is 9.93. The third kappa shape index (κ3) is 8.35. The summed E-state index contributed by atoms with van der Waals surface area (Å²) >= 11 is 14.1. The number of pyridine rings is 1. The molecule has 0 spiro atoms. The van der Waals surface area contributed by atoms with E-state index in [0.29, 0.717) is 21.9 Å². The van der Waals surface area contributed by atoms with Crippen LogP contribution < -0.4 is 0 Å². The Labute approximate surface area is 213 Å². The van der Waals surface area contributed by atoms with Crippen LogP contribution in [0.2, 0.25) is 10.0 Å². The van der Waals surface area contributed by atoms with E-state index in [1.807, 2.05) is 24.5 Å². The van der Waals surface area contributed by atoms with Crippen LogP contribution in [0.15, 0.2) is 52.6 Å². The predicted molar refractivity (Wildman–Crippen MR) is 142 cm³/mol. The summed E-state index contributed by atoms with van der Waals surface area (Å²) in [6, 6.07) is 9.88. The zero-order chi connectivity index (χ0) is 23.6. The number of aromatic nitrogens is 3.